The number of thiophene rings is 1. The summed E-state index contributed by atoms with van der Waals surface area (Å²) in [6.07, 6.45) is 12.6. The summed E-state index contributed by atoms with van der Waals surface area (Å²) in [5.74, 6) is 0.864. The average molecular weight is 372 g/mol. The van der Waals surface area contributed by atoms with E-state index in [1.807, 2.05) is 24.6 Å². The van der Waals surface area contributed by atoms with Crippen molar-refractivity contribution < 1.29 is 0 Å². The molecule has 2 aliphatic heterocycles. The van der Waals surface area contributed by atoms with Gasteiger partial charge in [0.05, 0.1) is 21.8 Å². The van der Waals surface area contributed by atoms with Crippen LogP contribution in [0.3, 0.4) is 0 Å². The fraction of sp³-hybridized carbons (Fsp3) is 0.333. The minimum Gasteiger partial charge on any atom is -0.338 e. The van der Waals surface area contributed by atoms with E-state index in [9.17, 15) is 0 Å². The Balaban J connectivity index is 1.56. The number of hydrogen-bond donors (Lipinski definition) is 1. The minimum atomic E-state index is 0.682. The standard InChI is InChI=1S/C18H18ClN5S/c1-23-7-6-11-8-14(13(19)9-24(11)23)22-17-16-12-4-2-3-5-15(12)25-18(16)21-10-20-17/h6,8-10H,2-5,7H2,1H3,(H,20,21,22). The fourth-order valence-corrected chi connectivity index (χ4v) is 5.13. The summed E-state index contributed by atoms with van der Waals surface area (Å²) in [6.45, 7) is 0.884. The highest BCUT2D eigenvalue weighted by Gasteiger charge is 2.25. The van der Waals surface area contributed by atoms with Crippen LogP contribution in [0.5, 0.6) is 0 Å². The second-order valence-electron chi connectivity index (χ2n) is 6.59. The quantitative estimate of drug-likeness (QED) is 0.864. The smallest absolute Gasteiger partial charge is 0.142 e. The number of aryl methyl sites for hydroxylation is 2. The number of fused-ring (bicyclic) bond motifs is 4. The van der Waals surface area contributed by atoms with Crippen LogP contribution in [0.2, 0.25) is 0 Å². The number of allylic oxidation sites excluding steroid dienone is 2. The third-order valence-corrected chi connectivity index (χ3v) is 6.49. The molecule has 25 heavy (non-hydrogen) atoms. The normalized spacial score (nSPS) is 20.1. The SMILES string of the molecule is CN1CC=C2C=C(Nc3ncnc4sc5c(c34)CCCC5)C(Cl)=CN21. The molecule has 5 rings (SSSR count). The first-order valence-corrected chi connectivity index (χ1v) is 9.72. The second kappa shape index (κ2) is 5.83. The van der Waals surface area contributed by atoms with Crippen LogP contribution in [-0.4, -0.2) is 33.6 Å². The number of nitrogens with zero attached hydrogens (tertiary/aromatic N) is 4. The molecular weight excluding hydrogens is 354 g/mol. The van der Waals surface area contributed by atoms with Crippen molar-refractivity contribution in [2.24, 2.45) is 0 Å². The molecule has 0 saturated heterocycles. The van der Waals surface area contributed by atoms with E-state index in [0.29, 0.717) is 5.03 Å². The minimum absolute atomic E-state index is 0.682. The molecule has 0 aromatic carbocycles. The third kappa shape index (κ3) is 2.47. The molecule has 128 valence electrons. The van der Waals surface area contributed by atoms with Gasteiger partial charge in [-0.2, -0.15) is 0 Å². The molecule has 2 aromatic rings. The molecule has 4 heterocycles. The number of aromatic nitrogens is 2. The summed E-state index contributed by atoms with van der Waals surface area (Å²) < 4.78 is 0. The number of hydrogen-bond acceptors (Lipinski definition) is 6. The lowest BCUT2D eigenvalue weighted by Gasteiger charge is -2.28. The van der Waals surface area contributed by atoms with Crippen LogP contribution in [-0.2, 0) is 12.8 Å². The van der Waals surface area contributed by atoms with Crippen molar-refractivity contribution in [2.45, 2.75) is 25.7 Å². The number of nitrogens with one attached hydrogen (secondary N) is 1. The highest BCUT2D eigenvalue weighted by molar-refractivity contribution is 7.19. The van der Waals surface area contributed by atoms with Crippen LogP contribution < -0.4 is 5.32 Å². The molecule has 0 fully saturated rings. The van der Waals surface area contributed by atoms with Gasteiger partial charge in [0.2, 0.25) is 0 Å². The highest BCUT2D eigenvalue weighted by Crippen LogP contribution is 2.39. The average Bonchev–Trinajstić information content (AvgIpc) is 3.17. The van der Waals surface area contributed by atoms with Crippen molar-refractivity contribution in [1.29, 1.82) is 0 Å². The number of likely N-dealkylation sites (N-methyl/N-ethyl adjacent to an activating group) is 1. The number of halogens is 1. The maximum Gasteiger partial charge on any atom is 0.142 e. The molecule has 0 radical (unpaired) electrons. The molecule has 0 saturated carbocycles. The lowest BCUT2D eigenvalue weighted by Crippen LogP contribution is -2.31. The lowest BCUT2D eigenvalue weighted by atomic mass is 9.97. The number of anilines is 1. The van der Waals surface area contributed by atoms with E-state index >= 15 is 0 Å². The van der Waals surface area contributed by atoms with E-state index in [1.165, 1.54) is 28.7 Å². The Bertz CT molecular complexity index is 958. The van der Waals surface area contributed by atoms with E-state index in [1.54, 1.807) is 6.33 Å². The van der Waals surface area contributed by atoms with E-state index < -0.39 is 0 Å². The Labute approximate surface area is 155 Å². The monoisotopic (exact) mass is 371 g/mol. The van der Waals surface area contributed by atoms with Crippen LogP contribution in [0.25, 0.3) is 10.2 Å². The third-order valence-electron chi connectivity index (χ3n) is 4.99. The van der Waals surface area contributed by atoms with Gasteiger partial charge in [-0.05, 0) is 43.4 Å². The Hall–Kier alpha value is -1.89. The van der Waals surface area contributed by atoms with Crippen molar-refractivity contribution in [3.05, 3.63) is 51.5 Å². The molecule has 0 spiro atoms. The summed E-state index contributed by atoms with van der Waals surface area (Å²) >= 11 is 8.33. The van der Waals surface area contributed by atoms with Crippen molar-refractivity contribution in [3.8, 4) is 0 Å². The number of rotatable bonds is 2. The summed E-state index contributed by atoms with van der Waals surface area (Å²) in [5, 5.41) is 9.50. The van der Waals surface area contributed by atoms with Gasteiger partial charge in [-0.1, -0.05) is 11.6 Å². The molecule has 5 nitrogen and oxygen atoms in total. The van der Waals surface area contributed by atoms with E-state index in [-0.39, 0.29) is 0 Å². The zero-order chi connectivity index (χ0) is 17.0. The first kappa shape index (κ1) is 15.4. The first-order valence-electron chi connectivity index (χ1n) is 8.53. The summed E-state index contributed by atoms with van der Waals surface area (Å²) in [5.41, 5.74) is 3.44. The van der Waals surface area contributed by atoms with E-state index in [0.717, 1.165) is 41.4 Å². The molecule has 3 aliphatic rings. The van der Waals surface area contributed by atoms with Gasteiger partial charge in [0.1, 0.15) is 17.0 Å². The van der Waals surface area contributed by atoms with Gasteiger partial charge in [-0.15, -0.1) is 11.3 Å². The molecular formula is C18H18ClN5S. The van der Waals surface area contributed by atoms with Crippen molar-refractivity contribution >= 4 is 39.0 Å². The van der Waals surface area contributed by atoms with Gasteiger partial charge in [0, 0.05) is 24.7 Å². The van der Waals surface area contributed by atoms with Crippen LogP contribution >= 0.6 is 22.9 Å². The molecule has 0 bridgehead atoms. The van der Waals surface area contributed by atoms with Gasteiger partial charge in [-0.25, -0.2) is 15.0 Å². The zero-order valence-corrected chi connectivity index (χ0v) is 15.5. The molecule has 1 N–H and O–H groups in total. The van der Waals surface area contributed by atoms with E-state index in [4.69, 9.17) is 11.6 Å². The lowest BCUT2D eigenvalue weighted by molar-refractivity contribution is 0.131. The molecule has 1 aliphatic carbocycles. The summed E-state index contributed by atoms with van der Waals surface area (Å²) in [6, 6.07) is 0. The van der Waals surface area contributed by atoms with Crippen molar-refractivity contribution in [2.75, 3.05) is 18.9 Å². The van der Waals surface area contributed by atoms with Gasteiger partial charge < -0.3 is 5.32 Å². The van der Waals surface area contributed by atoms with Crippen LogP contribution in [0.1, 0.15) is 23.3 Å². The molecule has 7 heteroatoms. The Morgan fingerprint density at radius 1 is 1.24 bits per heavy atom. The number of hydrazine groups is 1. The summed E-state index contributed by atoms with van der Waals surface area (Å²) in [4.78, 5) is 11.6. The second-order valence-corrected chi connectivity index (χ2v) is 8.08. The predicted octanol–water partition coefficient (Wildman–Crippen LogP) is 4.01. The topological polar surface area (TPSA) is 44.3 Å². The largest absolute Gasteiger partial charge is 0.338 e. The Morgan fingerprint density at radius 2 is 2.12 bits per heavy atom. The Morgan fingerprint density at radius 3 is 3.04 bits per heavy atom. The fourth-order valence-electron chi connectivity index (χ4n) is 3.70. The van der Waals surface area contributed by atoms with Crippen molar-refractivity contribution in [3.63, 3.8) is 0 Å². The first-order chi connectivity index (χ1) is 12.2. The van der Waals surface area contributed by atoms with Gasteiger partial charge in [0.25, 0.3) is 0 Å². The predicted molar refractivity (Wildman–Crippen MR) is 102 cm³/mol. The van der Waals surface area contributed by atoms with Crippen LogP contribution in [0.15, 0.2) is 41.1 Å². The van der Waals surface area contributed by atoms with E-state index in [2.05, 4.69) is 37.5 Å². The van der Waals surface area contributed by atoms with Gasteiger partial charge in [-0.3, -0.25) is 5.01 Å². The van der Waals surface area contributed by atoms with Gasteiger partial charge >= 0.3 is 0 Å². The maximum atomic E-state index is 6.53. The van der Waals surface area contributed by atoms with Crippen LogP contribution in [0, 0.1) is 0 Å². The molecule has 0 atom stereocenters. The molecule has 0 unspecified atom stereocenters. The molecule has 0 amide bonds. The van der Waals surface area contributed by atoms with Gasteiger partial charge in [0.15, 0.2) is 0 Å². The Kier molecular flexibility index (Phi) is 3.58. The maximum absolute atomic E-state index is 6.53. The van der Waals surface area contributed by atoms with Crippen LogP contribution in [0.4, 0.5) is 5.82 Å². The zero-order valence-electron chi connectivity index (χ0n) is 13.9. The van der Waals surface area contributed by atoms with Crippen molar-refractivity contribution in [1.82, 2.24) is 20.0 Å². The molecule has 2 aromatic heterocycles. The highest BCUT2D eigenvalue weighted by atomic mass is 35.5. The summed E-state index contributed by atoms with van der Waals surface area (Å²) in [7, 11) is 2.04.